The highest BCUT2D eigenvalue weighted by Crippen LogP contribution is 2.30. The normalized spacial score (nSPS) is 12.0. The highest BCUT2D eigenvalue weighted by atomic mass is 19.4. The van der Waals surface area contributed by atoms with Crippen molar-refractivity contribution in [3.8, 4) is 5.69 Å². The average molecular weight is 308 g/mol. The molecule has 2 heterocycles. The summed E-state index contributed by atoms with van der Waals surface area (Å²) in [6.07, 6.45) is -3.12. The van der Waals surface area contributed by atoms with Crippen molar-refractivity contribution in [2.45, 2.75) is 13.1 Å². The molecule has 22 heavy (non-hydrogen) atoms. The summed E-state index contributed by atoms with van der Waals surface area (Å²) in [5, 5.41) is 4.21. The van der Waals surface area contributed by atoms with Gasteiger partial charge in [0, 0.05) is 7.05 Å². The number of hydrogen-bond donors (Lipinski definition) is 0. The third-order valence-corrected chi connectivity index (χ3v) is 3.36. The summed E-state index contributed by atoms with van der Waals surface area (Å²) in [6.45, 7) is 1.56. The molecule has 3 rings (SSSR count). The van der Waals surface area contributed by atoms with E-state index in [1.54, 1.807) is 14.0 Å². The fraction of sp³-hybridized carbons (Fsp3) is 0.214. The minimum Gasteiger partial charge on any atom is -0.268 e. The molecule has 2 aromatic heterocycles. The van der Waals surface area contributed by atoms with Gasteiger partial charge in [0.05, 0.1) is 17.4 Å². The molecule has 114 valence electrons. The quantitative estimate of drug-likeness (QED) is 0.694. The average Bonchev–Trinajstić information content (AvgIpc) is 2.80. The number of benzene rings is 1. The van der Waals surface area contributed by atoms with E-state index in [2.05, 4.69) is 10.1 Å². The summed E-state index contributed by atoms with van der Waals surface area (Å²) in [4.78, 5) is 16.8. The maximum Gasteiger partial charge on any atom is 0.416 e. The van der Waals surface area contributed by atoms with Gasteiger partial charge in [-0.2, -0.15) is 18.3 Å². The molecule has 0 radical (unpaired) electrons. The number of rotatable bonds is 1. The van der Waals surface area contributed by atoms with E-state index in [1.165, 1.54) is 23.0 Å². The van der Waals surface area contributed by atoms with E-state index < -0.39 is 17.3 Å². The number of alkyl halides is 3. The number of hydrogen-bond acceptors (Lipinski definition) is 3. The molecule has 8 heteroatoms. The largest absolute Gasteiger partial charge is 0.416 e. The monoisotopic (exact) mass is 308 g/mol. The van der Waals surface area contributed by atoms with Crippen LogP contribution in [0.2, 0.25) is 0 Å². The highest BCUT2D eigenvalue weighted by molar-refractivity contribution is 5.73. The fourth-order valence-electron chi connectivity index (χ4n) is 2.31. The van der Waals surface area contributed by atoms with Crippen LogP contribution in [0, 0.1) is 6.92 Å². The van der Waals surface area contributed by atoms with Crippen molar-refractivity contribution in [2.24, 2.45) is 7.05 Å². The number of fused-ring (bicyclic) bond motifs is 1. The molecule has 0 unspecified atom stereocenters. The maximum absolute atomic E-state index is 12.8. The summed E-state index contributed by atoms with van der Waals surface area (Å²) in [5.74, 6) is 0.292. The Kier molecular flexibility index (Phi) is 3.05. The molecule has 0 aliphatic rings. The van der Waals surface area contributed by atoms with Crippen LogP contribution < -0.4 is 5.56 Å². The van der Waals surface area contributed by atoms with Crippen LogP contribution in [0.5, 0.6) is 0 Å². The van der Waals surface area contributed by atoms with Crippen LogP contribution in [-0.2, 0) is 13.2 Å². The van der Waals surface area contributed by atoms with Gasteiger partial charge in [0.15, 0.2) is 5.65 Å². The predicted octanol–water partition coefficient (Wildman–Crippen LogP) is 2.45. The summed E-state index contributed by atoms with van der Waals surface area (Å²) in [6, 6.07) is 4.59. The number of nitrogens with zero attached hydrogens (tertiary/aromatic N) is 4. The van der Waals surface area contributed by atoms with E-state index in [4.69, 9.17) is 0 Å². The molecule has 0 saturated heterocycles. The Morgan fingerprint density at radius 2 is 1.95 bits per heavy atom. The van der Waals surface area contributed by atoms with Crippen molar-refractivity contribution in [3.63, 3.8) is 0 Å². The molecule has 1 aromatic carbocycles. The minimum absolute atomic E-state index is 0.121. The van der Waals surface area contributed by atoms with Gasteiger partial charge in [0.25, 0.3) is 5.56 Å². The molecular formula is C14H11F3N4O. The first-order valence-corrected chi connectivity index (χ1v) is 6.38. The lowest BCUT2D eigenvalue weighted by atomic mass is 10.2. The van der Waals surface area contributed by atoms with Gasteiger partial charge in [0.1, 0.15) is 11.2 Å². The molecule has 0 aliphatic carbocycles. The number of halogens is 3. The standard InChI is InChI=1S/C14H11F3N4O/c1-8-19-12-11(7-18-20(12)2)13(22)21(8)10-5-3-4-9(6-10)14(15,16)17/h3-7H,1-2H3. The maximum atomic E-state index is 12.8. The Morgan fingerprint density at radius 1 is 1.23 bits per heavy atom. The second kappa shape index (κ2) is 4.69. The van der Waals surface area contributed by atoms with Crippen LogP contribution in [0.4, 0.5) is 13.2 Å². The van der Waals surface area contributed by atoms with Gasteiger partial charge < -0.3 is 0 Å². The zero-order valence-corrected chi connectivity index (χ0v) is 11.7. The van der Waals surface area contributed by atoms with Crippen LogP contribution in [-0.4, -0.2) is 19.3 Å². The molecule has 0 saturated carbocycles. The van der Waals surface area contributed by atoms with Crippen LogP contribution in [0.25, 0.3) is 16.7 Å². The highest BCUT2D eigenvalue weighted by Gasteiger charge is 2.30. The van der Waals surface area contributed by atoms with Crippen LogP contribution in [0.15, 0.2) is 35.3 Å². The van der Waals surface area contributed by atoms with Gasteiger partial charge >= 0.3 is 6.18 Å². The minimum atomic E-state index is -4.47. The first-order chi connectivity index (χ1) is 10.3. The lowest BCUT2D eigenvalue weighted by Gasteiger charge is -2.12. The molecule has 0 N–H and O–H groups in total. The van der Waals surface area contributed by atoms with Gasteiger partial charge in [-0.05, 0) is 25.1 Å². The summed E-state index contributed by atoms with van der Waals surface area (Å²) >= 11 is 0. The van der Waals surface area contributed by atoms with Crippen LogP contribution in [0.1, 0.15) is 11.4 Å². The van der Waals surface area contributed by atoms with Gasteiger partial charge in [-0.15, -0.1) is 0 Å². The third-order valence-electron chi connectivity index (χ3n) is 3.36. The van der Waals surface area contributed by atoms with E-state index in [9.17, 15) is 18.0 Å². The summed E-state index contributed by atoms with van der Waals surface area (Å²) in [7, 11) is 1.64. The lowest BCUT2D eigenvalue weighted by molar-refractivity contribution is -0.137. The third kappa shape index (κ3) is 2.16. The zero-order valence-electron chi connectivity index (χ0n) is 11.7. The van der Waals surface area contributed by atoms with Crippen molar-refractivity contribution >= 4 is 11.0 Å². The number of aryl methyl sites for hydroxylation is 2. The van der Waals surface area contributed by atoms with Gasteiger partial charge in [-0.1, -0.05) is 6.07 Å². The van der Waals surface area contributed by atoms with Crippen LogP contribution in [0.3, 0.4) is 0 Å². The van der Waals surface area contributed by atoms with Crippen molar-refractivity contribution in [2.75, 3.05) is 0 Å². The molecule has 0 amide bonds. The summed E-state index contributed by atoms with van der Waals surface area (Å²) < 4.78 is 41.1. The van der Waals surface area contributed by atoms with Crippen molar-refractivity contribution in [3.05, 3.63) is 52.2 Å². The Balaban J connectivity index is 2.29. The molecule has 5 nitrogen and oxygen atoms in total. The molecule has 0 fully saturated rings. The van der Waals surface area contributed by atoms with Crippen molar-refractivity contribution in [1.29, 1.82) is 0 Å². The first-order valence-electron chi connectivity index (χ1n) is 6.38. The van der Waals surface area contributed by atoms with Gasteiger partial charge in [0.2, 0.25) is 0 Å². The van der Waals surface area contributed by atoms with Crippen molar-refractivity contribution in [1.82, 2.24) is 19.3 Å². The Bertz CT molecular complexity index is 924. The predicted molar refractivity (Wildman–Crippen MR) is 73.8 cm³/mol. The zero-order chi connectivity index (χ0) is 16.1. The number of aromatic nitrogens is 4. The molecule has 0 aliphatic heterocycles. The second-order valence-electron chi connectivity index (χ2n) is 4.85. The van der Waals surface area contributed by atoms with Gasteiger partial charge in [-0.25, -0.2) is 4.98 Å². The second-order valence-corrected chi connectivity index (χ2v) is 4.85. The van der Waals surface area contributed by atoms with E-state index in [-0.39, 0.29) is 11.1 Å². The van der Waals surface area contributed by atoms with Crippen molar-refractivity contribution < 1.29 is 13.2 Å². The Morgan fingerprint density at radius 3 is 2.64 bits per heavy atom. The molecule has 0 bridgehead atoms. The van der Waals surface area contributed by atoms with E-state index in [0.29, 0.717) is 11.5 Å². The molecule has 3 aromatic rings. The lowest BCUT2D eigenvalue weighted by Crippen LogP contribution is -2.22. The van der Waals surface area contributed by atoms with E-state index in [1.807, 2.05) is 0 Å². The first kappa shape index (κ1) is 14.3. The Hall–Kier alpha value is -2.64. The molecular weight excluding hydrogens is 297 g/mol. The van der Waals surface area contributed by atoms with Gasteiger partial charge in [-0.3, -0.25) is 14.0 Å². The van der Waals surface area contributed by atoms with E-state index in [0.717, 1.165) is 16.7 Å². The SMILES string of the molecule is Cc1nc2c(cnn2C)c(=O)n1-c1cccc(C(F)(F)F)c1. The van der Waals surface area contributed by atoms with Crippen LogP contribution >= 0.6 is 0 Å². The summed E-state index contributed by atoms with van der Waals surface area (Å²) in [5.41, 5.74) is -0.751. The van der Waals surface area contributed by atoms with E-state index >= 15 is 0 Å². The molecule has 0 atom stereocenters. The smallest absolute Gasteiger partial charge is 0.268 e. The topological polar surface area (TPSA) is 52.7 Å². The Labute approximate surface area is 122 Å². The fourth-order valence-corrected chi connectivity index (χ4v) is 2.31. The molecule has 0 spiro atoms.